The van der Waals surface area contributed by atoms with Crippen molar-refractivity contribution in [1.82, 2.24) is 9.78 Å². The van der Waals surface area contributed by atoms with Crippen LogP contribution in [0.25, 0.3) is 16.9 Å². The van der Waals surface area contributed by atoms with Crippen LogP contribution in [-0.2, 0) is 0 Å². The van der Waals surface area contributed by atoms with E-state index >= 15 is 0 Å². The number of nitrogens with zero attached hydrogens (tertiary/aromatic N) is 2. The van der Waals surface area contributed by atoms with Gasteiger partial charge in [-0.15, -0.1) is 0 Å². The Hall–Kier alpha value is -2.95. The summed E-state index contributed by atoms with van der Waals surface area (Å²) in [4.78, 5) is 11.0. The molecule has 3 aromatic rings. The van der Waals surface area contributed by atoms with Gasteiger partial charge < -0.3 is 5.11 Å². The second-order valence-electron chi connectivity index (χ2n) is 4.94. The highest BCUT2D eigenvalue weighted by Crippen LogP contribution is 2.24. The molecule has 0 aliphatic carbocycles. The van der Waals surface area contributed by atoms with Gasteiger partial charge in [0.05, 0.1) is 23.1 Å². The van der Waals surface area contributed by atoms with Gasteiger partial charge >= 0.3 is 5.97 Å². The van der Waals surface area contributed by atoms with Crippen LogP contribution in [0, 0.1) is 12.7 Å². The minimum atomic E-state index is -0.964. The van der Waals surface area contributed by atoms with Gasteiger partial charge in [-0.3, -0.25) is 0 Å². The minimum absolute atomic E-state index is 0.233. The molecule has 0 radical (unpaired) electrons. The van der Waals surface area contributed by atoms with Crippen LogP contribution in [0.2, 0.25) is 0 Å². The maximum absolute atomic E-state index is 13.1. The van der Waals surface area contributed by atoms with Gasteiger partial charge in [0.25, 0.3) is 0 Å². The molecule has 5 heteroatoms. The van der Waals surface area contributed by atoms with Crippen molar-refractivity contribution in [2.75, 3.05) is 0 Å². The number of aromatic nitrogens is 2. The fourth-order valence-corrected chi connectivity index (χ4v) is 2.36. The average Bonchev–Trinajstić information content (AvgIpc) is 2.97. The van der Waals surface area contributed by atoms with Crippen LogP contribution in [0.5, 0.6) is 0 Å². The van der Waals surface area contributed by atoms with Crippen LogP contribution in [0.1, 0.15) is 15.9 Å². The first-order valence-corrected chi connectivity index (χ1v) is 6.70. The third-order valence-electron chi connectivity index (χ3n) is 3.45. The molecule has 0 fully saturated rings. The van der Waals surface area contributed by atoms with Gasteiger partial charge in [-0.25, -0.2) is 13.9 Å². The molecule has 0 saturated carbocycles. The van der Waals surface area contributed by atoms with Crippen molar-refractivity contribution in [2.24, 2.45) is 0 Å². The third-order valence-corrected chi connectivity index (χ3v) is 3.45. The summed E-state index contributed by atoms with van der Waals surface area (Å²) < 4.78 is 14.8. The summed E-state index contributed by atoms with van der Waals surface area (Å²) in [6.07, 6.45) is 1.66. The summed E-state index contributed by atoms with van der Waals surface area (Å²) in [5.74, 6) is -1.26. The second-order valence-corrected chi connectivity index (χ2v) is 4.94. The van der Waals surface area contributed by atoms with Gasteiger partial charge in [0.2, 0.25) is 0 Å². The molecule has 0 unspecified atom stereocenters. The molecule has 0 saturated heterocycles. The second kappa shape index (κ2) is 5.44. The van der Waals surface area contributed by atoms with Crippen molar-refractivity contribution in [3.8, 4) is 16.9 Å². The Morgan fingerprint density at radius 2 is 1.86 bits per heavy atom. The van der Waals surface area contributed by atoms with Crippen LogP contribution in [0.15, 0.2) is 54.7 Å². The highest BCUT2D eigenvalue weighted by molar-refractivity contribution is 5.88. The van der Waals surface area contributed by atoms with E-state index in [0.717, 1.165) is 22.5 Å². The largest absolute Gasteiger partial charge is 0.478 e. The summed E-state index contributed by atoms with van der Waals surface area (Å²) in [6.45, 7) is 1.83. The number of carboxylic acid groups (broad SMARTS) is 1. The van der Waals surface area contributed by atoms with Crippen LogP contribution < -0.4 is 0 Å². The predicted octanol–water partition coefficient (Wildman–Crippen LogP) is 3.69. The van der Waals surface area contributed by atoms with E-state index in [-0.39, 0.29) is 11.4 Å². The lowest BCUT2D eigenvalue weighted by Crippen LogP contribution is -2.04. The van der Waals surface area contributed by atoms with Gasteiger partial charge in [0, 0.05) is 5.56 Å². The number of hydrogen-bond donors (Lipinski definition) is 1. The van der Waals surface area contributed by atoms with Crippen molar-refractivity contribution < 1.29 is 14.3 Å². The van der Waals surface area contributed by atoms with E-state index in [1.54, 1.807) is 41.2 Å². The number of carboxylic acids is 1. The summed E-state index contributed by atoms with van der Waals surface area (Å²) >= 11 is 0. The number of halogens is 1. The standard InChI is InChI=1S/C17H13FN2O2/c1-11-10-13(17(21)22)4-7-15(11)20-16(8-9-19-20)12-2-5-14(18)6-3-12/h2-10H,1H3,(H,21,22). The highest BCUT2D eigenvalue weighted by Gasteiger charge is 2.11. The van der Waals surface area contributed by atoms with Gasteiger partial charge in [-0.2, -0.15) is 5.10 Å². The van der Waals surface area contributed by atoms with Crippen molar-refractivity contribution in [2.45, 2.75) is 6.92 Å². The zero-order valence-electron chi connectivity index (χ0n) is 11.8. The summed E-state index contributed by atoms with van der Waals surface area (Å²) in [5, 5.41) is 13.3. The fourth-order valence-electron chi connectivity index (χ4n) is 2.36. The Labute approximate surface area is 126 Å². The first kappa shape index (κ1) is 14.0. The van der Waals surface area contributed by atoms with E-state index in [4.69, 9.17) is 5.11 Å². The summed E-state index contributed by atoms with van der Waals surface area (Å²) in [6, 6.07) is 12.9. The van der Waals surface area contributed by atoms with E-state index < -0.39 is 5.97 Å². The molecule has 0 aliphatic rings. The molecule has 22 heavy (non-hydrogen) atoms. The number of carbonyl (C=O) groups is 1. The van der Waals surface area contributed by atoms with Crippen molar-refractivity contribution in [3.63, 3.8) is 0 Å². The van der Waals surface area contributed by atoms with E-state index in [2.05, 4.69) is 5.10 Å². The van der Waals surface area contributed by atoms with E-state index in [1.807, 2.05) is 13.0 Å². The van der Waals surface area contributed by atoms with Gasteiger partial charge in [0.15, 0.2) is 0 Å². The lowest BCUT2D eigenvalue weighted by atomic mass is 10.1. The Balaban J connectivity index is 2.09. The van der Waals surface area contributed by atoms with Crippen molar-refractivity contribution >= 4 is 5.97 Å². The third kappa shape index (κ3) is 2.48. The Morgan fingerprint density at radius 3 is 2.50 bits per heavy atom. The molecule has 3 rings (SSSR count). The lowest BCUT2D eigenvalue weighted by molar-refractivity contribution is 0.0697. The Morgan fingerprint density at radius 1 is 1.14 bits per heavy atom. The van der Waals surface area contributed by atoms with Crippen LogP contribution in [0.4, 0.5) is 4.39 Å². The first-order valence-electron chi connectivity index (χ1n) is 6.70. The van der Waals surface area contributed by atoms with Gasteiger partial charge in [0.1, 0.15) is 5.82 Å². The quantitative estimate of drug-likeness (QED) is 0.802. The first-order chi connectivity index (χ1) is 10.6. The maximum atomic E-state index is 13.1. The number of benzene rings is 2. The molecule has 0 spiro atoms. The molecule has 0 bridgehead atoms. The number of aromatic carboxylic acids is 1. The van der Waals surface area contributed by atoms with E-state index in [1.165, 1.54) is 12.1 Å². The highest BCUT2D eigenvalue weighted by atomic mass is 19.1. The molecular weight excluding hydrogens is 283 g/mol. The van der Waals surface area contributed by atoms with Gasteiger partial charge in [-0.05, 0) is 61.0 Å². The molecule has 1 aromatic heterocycles. The molecular formula is C17H13FN2O2. The maximum Gasteiger partial charge on any atom is 0.335 e. The van der Waals surface area contributed by atoms with Gasteiger partial charge in [-0.1, -0.05) is 0 Å². The molecule has 0 aliphatic heterocycles. The van der Waals surface area contributed by atoms with E-state index in [0.29, 0.717) is 0 Å². The molecule has 0 amide bonds. The monoisotopic (exact) mass is 296 g/mol. The van der Waals surface area contributed by atoms with E-state index in [9.17, 15) is 9.18 Å². The summed E-state index contributed by atoms with van der Waals surface area (Å²) in [5.41, 5.74) is 3.46. The normalized spacial score (nSPS) is 10.6. The SMILES string of the molecule is Cc1cc(C(=O)O)ccc1-n1nccc1-c1ccc(F)cc1. The molecule has 0 atom stereocenters. The average molecular weight is 296 g/mol. The number of rotatable bonds is 3. The van der Waals surface area contributed by atoms with Crippen LogP contribution in [-0.4, -0.2) is 20.9 Å². The Kier molecular flexibility index (Phi) is 3.47. The molecule has 110 valence electrons. The van der Waals surface area contributed by atoms with Crippen molar-refractivity contribution in [1.29, 1.82) is 0 Å². The van der Waals surface area contributed by atoms with Crippen LogP contribution >= 0.6 is 0 Å². The molecule has 2 aromatic carbocycles. The van der Waals surface area contributed by atoms with Crippen LogP contribution in [0.3, 0.4) is 0 Å². The Bertz CT molecular complexity index is 838. The lowest BCUT2D eigenvalue weighted by Gasteiger charge is -2.11. The molecule has 4 nitrogen and oxygen atoms in total. The fraction of sp³-hybridized carbons (Fsp3) is 0.0588. The zero-order valence-corrected chi connectivity index (χ0v) is 11.8. The smallest absolute Gasteiger partial charge is 0.335 e. The van der Waals surface area contributed by atoms with Crippen molar-refractivity contribution in [3.05, 3.63) is 71.7 Å². The molecule has 1 heterocycles. The topological polar surface area (TPSA) is 55.1 Å². The zero-order chi connectivity index (χ0) is 15.7. The molecule has 1 N–H and O–H groups in total. The number of aryl methyl sites for hydroxylation is 1. The minimum Gasteiger partial charge on any atom is -0.478 e. The number of hydrogen-bond acceptors (Lipinski definition) is 2. The predicted molar refractivity (Wildman–Crippen MR) is 80.7 cm³/mol. The summed E-state index contributed by atoms with van der Waals surface area (Å²) in [7, 11) is 0.